The molecule has 2 heterocycles. The lowest BCUT2D eigenvalue weighted by Gasteiger charge is -2.36. The third kappa shape index (κ3) is 6.14. The van der Waals surface area contributed by atoms with Crippen molar-refractivity contribution < 1.29 is 4.79 Å². The van der Waals surface area contributed by atoms with Gasteiger partial charge in [-0.1, -0.05) is 17.7 Å². The van der Waals surface area contributed by atoms with Gasteiger partial charge >= 0.3 is 0 Å². The molecule has 0 radical (unpaired) electrons. The molecule has 1 aromatic heterocycles. The summed E-state index contributed by atoms with van der Waals surface area (Å²) in [5.74, 6) is 1.01. The Bertz CT molecular complexity index is 529. The topological polar surface area (TPSA) is 60.8 Å². The van der Waals surface area contributed by atoms with E-state index in [0.29, 0.717) is 11.7 Å². The van der Waals surface area contributed by atoms with Gasteiger partial charge < -0.3 is 15.1 Å². The Balaban J connectivity index is 0.00000264. The highest BCUT2D eigenvalue weighted by molar-refractivity contribution is 14.0. The highest BCUT2D eigenvalue weighted by Crippen LogP contribution is 2.07. The van der Waals surface area contributed by atoms with Crippen molar-refractivity contribution in [3.05, 3.63) is 29.0 Å². The molecule has 1 amide bonds. The molecule has 0 unspecified atom stereocenters. The van der Waals surface area contributed by atoms with Crippen LogP contribution in [0.15, 0.2) is 23.3 Å². The third-order valence-corrected chi connectivity index (χ3v) is 3.78. The summed E-state index contributed by atoms with van der Waals surface area (Å²) in [7, 11) is 0. The van der Waals surface area contributed by atoms with E-state index in [-0.39, 0.29) is 29.9 Å². The van der Waals surface area contributed by atoms with E-state index in [9.17, 15) is 4.79 Å². The normalized spacial score (nSPS) is 15.2. The molecule has 0 saturated carbocycles. The predicted octanol–water partition coefficient (Wildman–Crippen LogP) is 1.98. The fourth-order valence-corrected chi connectivity index (χ4v) is 2.44. The van der Waals surface area contributed by atoms with E-state index in [2.05, 4.69) is 20.2 Å². The third-order valence-electron chi connectivity index (χ3n) is 3.56. The van der Waals surface area contributed by atoms with E-state index in [1.807, 2.05) is 17.9 Å². The maximum absolute atomic E-state index is 11.4. The summed E-state index contributed by atoms with van der Waals surface area (Å²) in [5.41, 5.74) is 1.02. The zero-order chi connectivity index (χ0) is 15.9. The number of piperazine rings is 1. The van der Waals surface area contributed by atoms with Crippen LogP contribution in [0.25, 0.3) is 0 Å². The number of carbonyl (C=O) groups excluding carboxylic acids is 1. The van der Waals surface area contributed by atoms with Crippen molar-refractivity contribution >= 4 is 47.4 Å². The van der Waals surface area contributed by atoms with Gasteiger partial charge in [-0.25, -0.2) is 9.98 Å². The van der Waals surface area contributed by atoms with Gasteiger partial charge in [-0.2, -0.15) is 0 Å². The van der Waals surface area contributed by atoms with Crippen LogP contribution in [0.2, 0.25) is 5.15 Å². The second-order valence-corrected chi connectivity index (χ2v) is 5.54. The minimum atomic E-state index is 0. The lowest BCUT2D eigenvalue weighted by atomic mass is 10.3. The Kier molecular flexibility index (Phi) is 8.60. The Morgan fingerprint density at radius 1 is 1.30 bits per heavy atom. The van der Waals surface area contributed by atoms with Crippen LogP contribution in [0.3, 0.4) is 0 Å². The number of aromatic nitrogens is 1. The van der Waals surface area contributed by atoms with Gasteiger partial charge in [0.05, 0.1) is 6.54 Å². The molecule has 2 rings (SSSR count). The van der Waals surface area contributed by atoms with Gasteiger partial charge in [0.2, 0.25) is 5.91 Å². The van der Waals surface area contributed by atoms with Gasteiger partial charge in [0, 0.05) is 45.8 Å². The summed E-state index contributed by atoms with van der Waals surface area (Å²) >= 11 is 5.79. The summed E-state index contributed by atoms with van der Waals surface area (Å²) < 4.78 is 0. The van der Waals surface area contributed by atoms with Crippen LogP contribution in [0, 0.1) is 0 Å². The first kappa shape index (κ1) is 20.0. The molecule has 0 bridgehead atoms. The fraction of sp³-hybridized carbons (Fsp3) is 0.533. The molecular formula is C15H23ClIN5O. The summed E-state index contributed by atoms with van der Waals surface area (Å²) in [6.45, 7) is 8.09. The Hall–Kier alpha value is -1.09. The van der Waals surface area contributed by atoms with Crippen molar-refractivity contribution in [1.82, 2.24) is 20.1 Å². The number of nitrogens with one attached hydrogen (secondary N) is 1. The fourth-order valence-electron chi connectivity index (χ4n) is 2.33. The van der Waals surface area contributed by atoms with Crippen molar-refractivity contribution in [2.45, 2.75) is 20.4 Å². The minimum absolute atomic E-state index is 0. The van der Waals surface area contributed by atoms with Gasteiger partial charge in [-0.05, 0) is 18.6 Å². The number of halogens is 2. The Labute approximate surface area is 159 Å². The van der Waals surface area contributed by atoms with E-state index in [1.165, 1.54) is 0 Å². The molecule has 0 spiro atoms. The van der Waals surface area contributed by atoms with Crippen LogP contribution < -0.4 is 5.32 Å². The van der Waals surface area contributed by atoms with Crippen LogP contribution in [-0.2, 0) is 11.3 Å². The first-order chi connectivity index (χ1) is 10.6. The number of hydrogen-bond donors (Lipinski definition) is 1. The molecule has 6 nitrogen and oxygen atoms in total. The molecule has 0 aliphatic carbocycles. The minimum Gasteiger partial charge on any atom is -0.357 e. The Morgan fingerprint density at radius 3 is 2.48 bits per heavy atom. The summed E-state index contributed by atoms with van der Waals surface area (Å²) in [4.78, 5) is 24.1. The highest BCUT2D eigenvalue weighted by atomic mass is 127. The first-order valence-electron chi connectivity index (χ1n) is 7.49. The molecule has 128 valence electrons. The van der Waals surface area contributed by atoms with Gasteiger partial charge in [0.1, 0.15) is 5.15 Å². The summed E-state index contributed by atoms with van der Waals surface area (Å²) in [6, 6.07) is 3.70. The van der Waals surface area contributed by atoms with E-state index < -0.39 is 0 Å². The van der Waals surface area contributed by atoms with Gasteiger partial charge in [-0.15, -0.1) is 24.0 Å². The summed E-state index contributed by atoms with van der Waals surface area (Å²) in [5, 5.41) is 3.79. The lowest BCUT2D eigenvalue weighted by molar-refractivity contribution is -0.130. The smallest absolute Gasteiger partial charge is 0.219 e. The van der Waals surface area contributed by atoms with E-state index in [4.69, 9.17) is 11.6 Å². The zero-order valence-electron chi connectivity index (χ0n) is 13.5. The second kappa shape index (κ2) is 9.92. The van der Waals surface area contributed by atoms with Crippen LogP contribution in [0.1, 0.15) is 19.4 Å². The first-order valence-corrected chi connectivity index (χ1v) is 7.87. The molecule has 23 heavy (non-hydrogen) atoms. The van der Waals surface area contributed by atoms with Crippen LogP contribution in [0.4, 0.5) is 0 Å². The monoisotopic (exact) mass is 451 g/mol. The molecule has 1 N–H and O–H groups in total. The SMILES string of the molecule is CCNC(=NCc1ccc(Cl)nc1)N1CCN(C(C)=O)CC1.I. The Morgan fingerprint density at radius 2 is 1.96 bits per heavy atom. The summed E-state index contributed by atoms with van der Waals surface area (Å²) in [6.07, 6.45) is 1.74. The highest BCUT2D eigenvalue weighted by Gasteiger charge is 2.20. The lowest BCUT2D eigenvalue weighted by Crippen LogP contribution is -2.53. The molecular weight excluding hydrogens is 429 g/mol. The largest absolute Gasteiger partial charge is 0.357 e. The molecule has 0 atom stereocenters. The molecule has 1 saturated heterocycles. The quantitative estimate of drug-likeness (QED) is 0.330. The van der Waals surface area contributed by atoms with Gasteiger partial charge in [0.15, 0.2) is 5.96 Å². The zero-order valence-corrected chi connectivity index (χ0v) is 16.5. The van der Waals surface area contributed by atoms with Crippen molar-refractivity contribution in [2.75, 3.05) is 32.7 Å². The predicted molar refractivity (Wildman–Crippen MR) is 103 cm³/mol. The molecule has 8 heteroatoms. The maximum Gasteiger partial charge on any atom is 0.219 e. The van der Waals surface area contributed by atoms with Crippen LogP contribution in [-0.4, -0.2) is 59.4 Å². The van der Waals surface area contributed by atoms with Crippen molar-refractivity contribution in [2.24, 2.45) is 4.99 Å². The molecule has 1 aliphatic heterocycles. The number of pyridine rings is 1. The van der Waals surface area contributed by atoms with E-state index in [1.54, 1.807) is 19.2 Å². The number of amides is 1. The van der Waals surface area contributed by atoms with Crippen LogP contribution in [0.5, 0.6) is 0 Å². The number of guanidine groups is 1. The number of hydrogen-bond acceptors (Lipinski definition) is 3. The number of rotatable bonds is 3. The van der Waals surface area contributed by atoms with Crippen molar-refractivity contribution in [3.8, 4) is 0 Å². The molecule has 1 aliphatic rings. The number of aliphatic imine (C=N–C) groups is 1. The molecule has 1 fully saturated rings. The van der Waals surface area contributed by atoms with Crippen molar-refractivity contribution in [1.29, 1.82) is 0 Å². The standard InChI is InChI=1S/C15H22ClN5O.HI/c1-3-17-15(19-11-13-4-5-14(16)18-10-13)21-8-6-20(7-9-21)12(2)22;/h4-5,10H,3,6-9,11H2,1-2H3,(H,17,19);1H. The van der Waals surface area contributed by atoms with Crippen molar-refractivity contribution in [3.63, 3.8) is 0 Å². The average Bonchev–Trinajstić information content (AvgIpc) is 2.53. The number of nitrogens with zero attached hydrogens (tertiary/aromatic N) is 4. The number of carbonyl (C=O) groups is 1. The molecule has 0 aromatic carbocycles. The molecule has 1 aromatic rings. The van der Waals surface area contributed by atoms with Gasteiger partial charge in [-0.3, -0.25) is 4.79 Å². The van der Waals surface area contributed by atoms with Gasteiger partial charge in [0.25, 0.3) is 0 Å². The second-order valence-electron chi connectivity index (χ2n) is 5.15. The average molecular weight is 452 g/mol. The maximum atomic E-state index is 11.4. The van der Waals surface area contributed by atoms with E-state index >= 15 is 0 Å². The van der Waals surface area contributed by atoms with Crippen LogP contribution >= 0.6 is 35.6 Å². The van der Waals surface area contributed by atoms with E-state index in [0.717, 1.165) is 44.2 Å².